The van der Waals surface area contributed by atoms with Gasteiger partial charge in [0.1, 0.15) is 17.7 Å². The molecule has 6 nitrogen and oxygen atoms in total. The first-order valence-corrected chi connectivity index (χ1v) is 13.6. The van der Waals surface area contributed by atoms with Gasteiger partial charge in [-0.3, -0.25) is 4.79 Å². The molecule has 0 saturated heterocycles. The Balaban J connectivity index is 1.45. The summed E-state index contributed by atoms with van der Waals surface area (Å²) in [4.78, 5) is 16.7. The smallest absolute Gasteiger partial charge is 0.255 e. The fourth-order valence-electron chi connectivity index (χ4n) is 4.97. The van der Waals surface area contributed by atoms with Crippen LogP contribution in [0.25, 0.3) is 6.08 Å². The molecule has 2 aromatic carbocycles. The summed E-state index contributed by atoms with van der Waals surface area (Å²) in [6.07, 6.45) is 10.8. The molecule has 196 valence electrons. The quantitative estimate of drug-likeness (QED) is 0.205. The van der Waals surface area contributed by atoms with Gasteiger partial charge in [0.05, 0.1) is 12.8 Å². The standard InChI is InChI=1S/C31H40N4O2/c1-5-8-10-21(9-6-2)22-11-13-23(14-12-22)31(36)35-29-26-19-20-28(34-30(26)33-27(29)7-3)32-24-15-17-25(37-4)18-16-24/h11-21,28,32-34H,5-10H2,1-4H3,(H,35,36). The monoisotopic (exact) mass is 500 g/mol. The molecular formula is C31H40N4O2. The van der Waals surface area contributed by atoms with Crippen molar-refractivity contribution in [3.8, 4) is 5.75 Å². The summed E-state index contributed by atoms with van der Waals surface area (Å²) in [5.41, 5.74) is 5.81. The average molecular weight is 501 g/mol. The molecule has 0 spiro atoms. The predicted molar refractivity (Wildman–Crippen MR) is 155 cm³/mol. The molecule has 4 rings (SSSR count). The Hall–Kier alpha value is -3.67. The van der Waals surface area contributed by atoms with Crippen LogP contribution in [0.2, 0.25) is 0 Å². The minimum atomic E-state index is -0.0875. The molecule has 4 N–H and O–H groups in total. The zero-order chi connectivity index (χ0) is 26.2. The number of fused-ring (bicyclic) bond motifs is 1. The molecule has 1 amide bonds. The molecule has 1 aromatic heterocycles. The number of methoxy groups -OCH3 is 1. The van der Waals surface area contributed by atoms with Crippen molar-refractivity contribution < 1.29 is 9.53 Å². The second kappa shape index (κ2) is 12.5. The summed E-state index contributed by atoms with van der Waals surface area (Å²) >= 11 is 0. The highest BCUT2D eigenvalue weighted by Crippen LogP contribution is 2.34. The van der Waals surface area contributed by atoms with Gasteiger partial charge in [0.25, 0.3) is 5.91 Å². The predicted octanol–water partition coefficient (Wildman–Crippen LogP) is 7.79. The minimum Gasteiger partial charge on any atom is -0.497 e. The number of benzene rings is 2. The van der Waals surface area contributed by atoms with E-state index >= 15 is 0 Å². The van der Waals surface area contributed by atoms with E-state index in [1.54, 1.807) is 7.11 Å². The van der Waals surface area contributed by atoms with E-state index in [4.69, 9.17) is 4.74 Å². The van der Waals surface area contributed by atoms with Gasteiger partial charge < -0.3 is 25.7 Å². The summed E-state index contributed by atoms with van der Waals surface area (Å²) in [6, 6.07) is 16.0. The molecule has 37 heavy (non-hydrogen) atoms. The summed E-state index contributed by atoms with van der Waals surface area (Å²) in [7, 11) is 1.66. The van der Waals surface area contributed by atoms with Crippen molar-refractivity contribution in [3.63, 3.8) is 0 Å². The maximum atomic E-state index is 13.2. The highest BCUT2D eigenvalue weighted by atomic mass is 16.5. The Morgan fingerprint density at radius 1 is 1.00 bits per heavy atom. The van der Waals surface area contributed by atoms with Crippen molar-refractivity contribution in [2.45, 2.75) is 71.4 Å². The Labute approximate surface area is 220 Å². The third-order valence-corrected chi connectivity index (χ3v) is 7.06. The van der Waals surface area contributed by atoms with Gasteiger partial charge in [-0.25, -0.2) is 0 Å². The van der Waals surface area contributed by atoms with E-state index in [9.17, 15) is 4.79 Å². The lowest BCUT2D eigenvalue weighted by Gasteiger charge is -2.22. The van der Waals surface area contributed by atoms with Crippen LogP contribution in [0.5, 0.6) is 5.75 Å². The molecule has 2 unspecified atom stereocenters. The first kappa shape index (κ1) is 26.4. The number of aryl methyl sites for hydroxylation is 1. The number of unbranched alkanes of at least 4 members (excludes halogenated alkanes) is 1. The lowest BCUT2D eigenvalue weighted by atomic mass is 9.89. The van der Waals surface area contributed by atoms with Gasteiger partial charge in [0, 0.05) is 22.5 Å². The van der Waals surface area contributed by atoms with Crippen molar-refractivity contribution in [2.75, 3.05) is 23.1 Å². The first-order valence-electron chi connectivity index (χ1n) is 13.6. The van der Waals surface area contributed by atoms with E-state index in [0.29, 0.717) is 11.5 Å². The number of nitrogens with one attached hydrogen (secondary N) is 4. The largest absolute Gasteiger partial charge is 0.497 e. The number of hydrogen-bond donors (Lipinski definition) is 4. The Morgan fingerprint density at radius 3 is 2.41 bits per heavy atom. The molecule has 0 aliphatic carbocycles. The number of carbonyl (C=O) groups excluding carboxylic acids is 1. The van der Waals surface area contributed by atoms with Gasteiger partial charge >= 0.3 is 0 Å². The van der Waals surface area contributed by atoms with Gasteiger partial charge in [-0.15, -0.1) is 0 Å². The van der Waals surface area contributed by atoms with Crippen LogP contribution in [-0.2, 0) is 6.42 Å². The molecule has 1 aliphatic rings. The number of anilines is 3. The maximum Gasteiger partial charge on any atom is 0.255 e. The number of amides is 1. The molecule has 0 radical (unpaired) electrons. The molecule has 3 aromatic rings. The van der Waals surface area contributed by atoms with Crippen LogP contribution in [0.15, 0.2) is 54.6 Å². The number of aromatic amines is 1. The first-order chi connectivity index (χ1) is 18.1. The molecule has 2 atom stereocenters. The maximum absolute atomic E-state index is 13.2. The lowest BCUT2D eigenvalue weighted by Crippen LogP contribution is -2.28. The molecule has 6 heteroatoms. The van der Waals surface area contributed by atoms with Crippen LogP contribution in [0.1, 0.15) is 86.0 Å². The molecule has 2 heterocycles. The van der Waals surface area contributed by atoms with Crippen LogP contribution < -0.4 is 20.7 Å². The SMILES string of the molecule is CCCCC(CCC)c1ccc(C(=O)Nc2c(CC)[nH]c3c2C=CC(Nc2ccc(OC)cc2)N3)cc1. The number of hydrogen-bond acceptors (Lipinski definition) is 4. The average Bonchev–Trinajstić information content (AvgIpc) is 3.28. The van der Waals surface area contributed by atoms with Crippen molar-refractivity contribution in [1.29, 1.82) is 0 Å². The summed E-state index contributed by atoms with van der Waals surface area (Å²) in [5, 5.41) is 10.1. The van der Waals surface area contributed by atoms with Crippen molar-refractivity contribution >= 4 is 29.2 Å². The number of ether oxygens (including phenoxy) is 1. The van der Waals surface area contributed by atoms with Crippen LogP contribution >= 0.6 is 0 Å². The highest BCUT2D eigenvalue weighted by Gasteiger charge is 2.22. The van der Waals surface area contributed by atoms with E-state index in [1.165, 1.54) is 37.7 Å². The van der Waals surface area contributed by atoms with Crippen molar-refractivity contribution in [1.82, 2.24) is 4.98 Å². The van der Waals surface area contributed by atoms with Crippen molar-refractivity contribution in [3.05, 3.63) is 77.0 Å². The van der Waals surface area contributed by atoms with Crippen LogP contribution in [0.4, 0.5) is 17.2 Å². The highest BCUT2D eigenvalue weighted by molar-refractivity contribution is 6.06. The molecule has 0 saturated carbocycles. The van der Waals surface area contributed by atoms with E-state index in [-0.39, 0.29) is 12.1 Å². The number of carbonyl (C=O) groups is 1. The van der Waals surface area contributed by atoms with E-state index in [0.717, 1.165) is 40.6 Å². The van der Waals surface area contributed by atoms with Crippen LogP contribution in [-0.4, -0.2) is 24.2 Å². The Bertz CT molecular complexity index is 1200. The van der Waals surface area contributed by atoms with E-state index in [2.05, 4.69) is 66.0 Å². The fraction of sp³-hybridized carbons (Fsp3) is 0.387. The van der Waals surface area contributed by atoms with Gasteiger partial charge in [0.15, 0.2) is 0 Å². The van der Waals surface area contributed by atoms with Crippen LogP contribution in [0, 0.1) is 0 Å². The van der Waals surface area contributed by atoms with Crippen LogP contribution in [0.3, 0.4) is 0 Å². The second-order valence-corrected chi connectivity index (χ2v) is 9.68. The minimum absolute atomic E-state index is 0.0795. The summed E-state index contributed by atoms with van der Waals surface area (Å²) in [6.45, 7) is 6.57. The third-order valence-electron chi connectivity index (χ3n) is 7.06. The number of H-pyrrole nitrogens is 1. The zero-order valence-electron chi connectivity index (χ0n) is 22.5. The Kier molecular flexibility index (Phi) is 8.94. The number of rotatable bonds is 12. The summed E-state index contributed by atoms with van der Waals surface area (Å²) in [5.74, 6) is 2.20. The topological polar surface area (TPSA) is 78.2 Å². The van der Waals surface area contributed by atoms with Gasteiger partial charge in [-0.05, 0) is 79.3 Å². The molecular weight excluding hydrogens is 460 g/mol. The summed E-state index contributed by atoms with van der Waals surface area (Å²) < 4.78 is 5.24. The van der Waals surface area contributed by atoms with Gasteiger partial charge in [-0.2, -0.15) is 0 Å². The normalized spacial score (nSPS) is 15.0. The lowest BCUT2D eigenvalue weighted by molar-refractivity contribution is 0.102. The second-order valence-electron chi connectivity index (χ2n) is 9.68. The van der Waals surface area contributed by atoms with E-state index in [1.807, 2.05) is 36.4 Å². The van der Waals surface area contributed by atoms with E-state index < -0.39 is 0 Å². The zero-order valence-corrected chi connectivity index (χ0v) is 22.5. The number of aromatic nitrogens is 1. The Morgan fingerprint density at radius 2 is 1.76 bits per heavy atom. The fourth-order valence-corrected chi connectivity index (χ4v) is 4.97. The molecule has 0 bridgehead atoms. The van der Waals surface area contributed by atoms with Crippen molar-refractivity contribution in [2.24, 2.45) is 0 Å². The van der Waals surface area contributed by atoms with Gasteiger partial charge in [-0.1, -0.05) is 52.2 Å². The molecule has 0 fully saturated rings. The van der Waals surface area contributed by atoms with Gasteiger partial charge in [0.2, 0.25) is 0 Å². The third kappa shape index (κ3) is 6.37. The molecule has 1 aliphatic heterocycles.